The predicted molar refractivity (Wildman–Crippen MR) is 106 cm³/mol. The van der Waals surface area contributed by atoms with Gasteiger partial charge in [0, 0.05) is 17.0 Å². The predicted octanol–water partition coefficient (Wildman–Crippen LogP) is 2.05. The minimum atomic E-state index is -0.778. The summed E-state index contributed by atoms with van der Waals surface area (Å²) in [5.74, 6) is 0.0747. The molecule has 28 heavy (non-hydrogen) atoms. The number of aromatic nitrogens is 3. The summed E-state index contributed by atoms with van der Waals surface area (Å²) in [6.07, 6.45) is 2.43. The van der Waals surface area contributed by atoms with Gasteiger partial charge in [0.1, 0.15) is 23.2 Å². The molecule has 2 heterocycles. The SMILES string of the molecule is CC(C)(CO)n1nc(-c2ccc3nc(OC4CC4)ccc3c2)c(C(N)=O)c1N. The molecule has 1 amide bonds. The second-order valence-corrected chi connectivity index (χ2v) is 7.73. The first kappa shape index (κ1) is 18.2. The van der Waals surface area contributed by atoms with Gasteiger partial charge in [-0.25, -0.2) is 9.67 Å². The first-order valence-corrected chi connectivity index (χ1v) is 9.17. The molecule has 0 saturated heterocycles. The van der Waals surface area contributed by atoms with Crippen molar-refractivity contribution >= 4 is 22.6 Å². The number of fused-ring (bicyclic) bond motifs is 1. The number of hydrogen-bond acceptors (Lipinski definition) is 6. The van der Waals surface area contributed by atoms with Crippen molar-refractivity contribution in [1.29, 1.82) is 0 Å². The lowest BCUT2D eigenvalue weighted by Crippen LogP contribution is -2.32. The molecule has 1 aliphatic rings. The van der Waals surface area contributed by atoms with E-state index in [1.54, 1.807) is 13.8 Å². The van der Waals surface area contributed by atoms with E-state index in [2.05, 4.69) is 10.1 Å². The van der Waals surface area contributed by atoms with Crippen molar-refractivity contribution < 1.29 is 14.6 Å². The summed E-state index contributed by atoms with van der Waals surface area (Å²) in [7, 11) is 0. The number of carbonyl (C=O) groups excluding carboxylic acids is 1. The maximum atomic E-state index is 12.1. The van der Waals surface area contributed by atoms with Crippen LogP contribution in [0.5, 0.6) is 5.88 Å². The second-order valence-electron chi connectivity index (χ2n) is 7.73. The van der Waals surface area contributed by atoms with E-state index in [-0.39, 0.29) is 24.1 Å². The molecular weight excluding hydrogens is 358 g/mol. The van der Waals surface area contributed by atoms with Crippen LogP contribution >= 0.6 is 0 Å². The van der Waals surface area contributed by atoms with Crippen molar-refractivity contribution in [3.05, 3.63) is 35.9 Å². The van der Waals surface area contributed by atoms with Gasteiger partial charge in [-0.05, 0) is 44.9 Å². The molecule has 0 radical (unpaired) electrons. The van der Waals surface area contributed by atoms with E-state index in [9.17, 15) is 9.90 Å². The van der Waals surface area contributed by atoms with Crippen LogP contribution in [0, 0.1) is 0 Å². The van der Waals surface area contributed by atoms with Crippen LogP contribution in [-0.4, -0.2) is 38.5 Å². The Bertz CT molecular complexity index is 1070. The Balaban J connectivity index is 1.80. The Kier molecular flexibility index (Phi) is 4.23. The highest BCUT2D eigenvalue weighted by Crippen LogP contribution is 2.33. The second kappa shape index (κ2) is 6.49. The number of nitrogens with zero attached hydrogens (tertiary/aromatic N) is 3. The Hall–Kier alpha value is -3.13. The maximum absolute atomic E-state index is 12.1. The Labute approximate surface area is 162 Å². The lowest BCUT2D eigenvalue weighted by atomic mass is 10.0. The van der Waals surface area contributed by atoms with Crippen LogP contribution in [0.15, 0.2) is 30.3 Å². The minimum Gasteiger partial charge on any atom is -0.474 e. The Morgan fingerprint density at radius 3 is 2.71 bits per heavy atom. The summed E-state index contributed by atoms with van der Waals surface area (Å²) in [5.41, 5.74) is 12.9. The summed E-state index contributed by atoms with van der Waals surface area (Å²) < 4.78 is 7.18. The average molecular weight is 381 g/mol. The highest BCUT2D eigenvalue weighted by atomic mass is 16.5. The Morgan fingerprint density at radius 1 is 1.32 bits per heavy atom. The molecule has 0 aliphatic heterocycles. The number of ether oxygens (including phenoxy) is 1. The summed E-state index contributed by atoms with van der Waals surface area (Å²) in [6, 6.07) is 9.31. The van der Waals surface area contributed by atoms with Gasteiger partial charge in [0.15, 0.2) is 0 Å². The molecule has 8 nitrogen and oxygen atoms in total. The molecule has 3 aromatic rings. The lowest BCUT2D eigenvalue weighted by molar-refractivity contribution is 0.100. The number of hydrogen-bond donors (Lipinski definition) is 3. The van der Waals surface area contributed by atoms with Crippen LogP contribution in [0.3, 0.4) is 0 Å². The zero-order valence-corrected chi connectivity index (χ0v) is 15.8. The van der Waals surface area contributed by atoms with E-state index < -0.39 is 11.4 Å². The lowest BCUT2D eigenvalue weighted by Gasteiger charge is -2.23. The third-order valence-electron chi connectivity index (χ3n) is 4.88. The molecule has 2 aromatic heterocycles. The number of primary amides is 1. The molecule has 146 valence electrons. The van der Waals surface area contributed by atoms with E-state index in [0.717, 1.165) is 23.7 Å². The topological polar surface area (TPSA) is 129 Å². The summed E-state index contributed by atoms with van der Waals surface area (Å²) >= 11 is 0. The first-order valence-electron chi connectivity index (χ1n) is 9.17. The third kappa shape index (κ3) is 3.16. The van der Waals surface area contributed by atoms with Gasteiger partial charge < -0.3 is 21.3 Å². The van der Waals surface area contributed by atoms with Gasteiger partial charge in [0.05, 0.1) is 17.7 Å². The minimum absolute atomic E-state index is 0.132. The number of aliphatic hydroxyl groups is 1. The van der Waals surface area contributed by atoms with Gasteiger partial charge in [0.2, 0.25) is 5.88 Å². The zero-order chi connectivity index (χ0) is 20.1. The van der Waals surface area contributed by atoms with E-state index >= 15 is 0 Å². The maximum Gasteiger partial charge on any atom is 0.254 e. The van der Waals surface area contributed by atoms with Crippen LogP contribution in [0.1, 0.15) is 37.0 Å². The quantitative estimate of drug-likeness (QED) is 0.599. The van der Waals surface area contributed by atoms with Crippen LogP contribution < -0.4 is 16.2 Å². The molecule has 8 heteroatoms. The number of nitrogens with two attached hydrogens (primary N) is 2. The number of carbonyl (C=O) groups is 1. The number of aliphatic hydroxyl groups excluding tert-OH is 1. The van der Waals surface area contributed by atoms with Crippen LogP contribution in [-0.2, 0) is 5.54 Å². The summed E-state index contributed by atoms with van der Waals surface area (Å²) in [5, 5.41) is 15.0. The van der Waals surface area contributed by atoms with Gasteiger partial charge in [-0.2, -0.15) is 5.10 Å². The molecule has 1 aliphatic carbocycles. The van der Waals surface area contributed by atoms with E-state index in [1.807, 2.05) is 30.3 Å². The first-order chi connectivity index (χ1) is 13.3. The summed E-state index contributed by atoms with van der Waals surface area (Å²) in [6.45, 7) is 3.36. The van der Waals surface area contributed by atoms with Gasteiger partial charge >= 0.3 is 0 Å². The third-order valence-corrected chi connectivity index (χ3v) is 4.88. The number of amides is 1. The van der Waals surface area contributed by atoms with Gasteiger partial charge in [-0.1, -0.05) is 6.07 Å². The molecule has 1 fully saturated rings. The largest absolute Gasteiger partial charge is 0.474 e. The number of pyridine rings is 1. The van der Waals surface area contributed by atoms with Crippen LogP contribution in [0.4, 0.5) is 5.82 Å². The van der Waals surface area contributed by atoms with Crippen molar-refractivity contribution in [2.75, 3.05) is 12.3 Å². The van der Waals surface area contributed by atoms with E-state index in [1.165, 1.54) is 4.68 Å². The fraction of sp³-hybridized carbons (Fsp3) is 0.350. The standard InChI is InChI=1S/C20H23N5O3/c1-20(2,10-26)25-18(21)16(19(22)27)17(24-25)12-3-7-14-11(9-12)4-8-15(23-14)28-13-5-6-13/h3-4,7-9,13,26H,5-6,10,21H2,1-2H3,(H2,22,27). The molecule has 4 rings (SSSR count). The van der Waals surface area contributed by atoms with E-state index in [4.69, 9.17) is 16.2 Å². The van der Waals surface area contributed by atoms with Crippen molar-refractivity contribution in [2.45, 2.75) is 38.3 Å². The van der Waals surface area contributed by atoms with Gasteiger partial charge in [-0.3, -0.25) is 4.79 Å². The fourth-order valence-electron chi connectivity index (χ4n) is 3.08. The van der Waals surface area contributed by atoms with Gasteiger partial charge in [-0.15, -0.1) is 0 Å². The molecule has 0 atom stereocenters. The molecule has 0 spiro atoms. The van der Waals surface area contributed by atoms with Crippen molar-refractivity contribution in [3.63, 3.8) is 0 Å². The average Bonchev–Trinajstić information content (AvgIpc) is 3.40. The molecule has 1 aromatic carbocycles. The highest BCUT2D eigenvalue weighted by Gasteiger charge is 2.29. The number of anilines is 1. The molecule has 0 unspecified atom stereocenters. The van der Waals surface area contributed by atoms with Crippen LogP contribution in [0.25, 0.3) is 22.2 Å². The number of benzene rings is 1. The molecule has 1 saturated carbocycles. The Morgan fingerprint density at radius 2 is 2.07 bits per heavy atom. The monoisotopic (exact) mass is 381 g/mol. The molecule has 5 N–H and O–H groups in total. The molecule has 0 bridgehead atoms. The normalized spacial score (nSPS) is 14.4. The molecular formula is C20H23N5O3. The fourth-order valence-corrected chi connectivity index (χ4v) is 3.08. The smallest absolute Gasteiger partial charge is 0.254 e. The van der Waals surface area contributed by atoms with Crippen molar-refractivity contribution in [1.82, 2.24) is 14.8 Å². The van der Waals surface area contributed by atoms with Crippen molar-refractivity contribution in [2.24, 2.45) is 5.73 Å². The highest BCUT2D eigenvalue weighted by molar-refractivity contribution is 6.04. The van der Waals surface area contributed by atoms with E-state index in [0.29, 0.717) is 17.1 Å². The van der Waals surface area contributed by atoms with Crippen LogP contribution in [0.2, 0.25) is 0 Å². The summed E-state index contributed by atoms with van der Waals surface area (Å²) in [4.78, 5) is 16.6. The van der Waals surface area contributed by atoms with Crippen molar-refractivity contribution in [3.8, 4) is 17.1 Å². The zero-order valence-electron chi connectivity index (χ0n) is 15.8. The van der Waals surface area contributed by atoms with Gasteiger partial charge in [0.25, 0.3) is 5.91 Å². The number of rotatable bonds is 6. The number of nitrogen functional groups attached to an aromatic ring is 1.